The van der Waals surface area contributed by atoms with Gasteiger partial charge in [0.2, 0.25) is 5.78 Å². The summed E-state index contributed by atoms with van der Waals surface area (Å²) in [4.78, 5) is 49.5. The first-order chi connectivity index (χ1) is 13.8. The summed E-state index contributed by atoms with van der Waals surface area (Å²) in [5.41, 5.74) is 4.65. The molecule has 0 bridgehead atoms. The maximum atomic E-state index is 12.6. The van der Waals surface area contributed by atoms with Gasteiger partial charge in [-0.25, -0.2) is 9.59 Å². The van der Waals surface area contributed by atoms with Crippen molar-refractivity contribution in [1.82, 2.24) is 9.13 Å². The van der Waals surface area contributed by atoms with Crippen LogP contribution in [0.5, 0.6) is 0 Å². The Balaban J connectivity index is 2.25. The minimum Gasteiger partial charge on any atom is -0.454 e. The molecule has 0 radical (unpaired) electrons. The molecule has 10 heteroatoms. The smallest absolute Gasteiger partial charge is 0.340 e. The topological polar surface area (TPSA) is 146 Å². The Bertz CT molecular complexity index is 1020. The van der Waals surface area contributed by atoms with Crippen LogP contribution in [0.4, 0.5) is 11.5 Å². The van der Waals surface area contributed by atoms with Gasteiger partial charge in [0.1, 0.15) is 11.4 Å². The SMILES string of the molecule is CCCn1c(N)c(C(=O)COC(=O)c2ccccc2NCCO)c(=O)n(C)c1=O. The molecule has 4 N–H and O–H groups in total. The van der Waals surface area contributed by atoms with Crippen LogP contribution in [0.15, 0.2) is 33.9 Å². The predicted molar refractivity (Wildman–Crippen MR) is 107 cm³/mol. The van der Waals surface area contributed by atoms with E-state index >= 15 is 0 Å². The van der Waals surface area contributed by atoms with Crippen molar-refractivity contribution in [1.29, 1.82) is 0 Å². The number of benzene rings is 1. The highest BCUT2D eigenvalue weighted by Crippen LogP contribution is 2.16. The third-order valence-corrected chi connectivity index (χ3v) is 4.22. The highest BCUT2D eigenvalue weighted by Gasteiger charge is 2.23. The number of esters is 1. The van der Waals surface area contributed by atoms with E-state index in [1.165, 1.54) is 13.1 Å². The number of anilines is 2. The van der Waals surface area contributed by atoms with Gasteiger partial charge in [0, 0.05) is 25.8 Å². The molecule has 0 aliphatic rings. The van der Waals surface area contributed by atoms with E-state index < -0.39 is 29.6 Å². The minimum absolute atomic E-state index is 0.127. The maximum absolute atomic E-state index is 12.6. The van der Waals surface area contributed by atoms with Crippen LogP contribution in [-0.2, 0) is 18.3 Å². The number of Topliss-reactive ketones (excluding diaryl/α,β-unsaturated/α-hetero) is 1. The van der Waals surface area contributed by atoms with E-state index in [-0.39, 0.29) is 36.6 Å². The fraction of sp³-hybridized carbons (Fsp3) is 0.368. The Kier molecular flexibility index (Phi) is 7.32. The molecular formula is C19H24N4O6. The van der Waals surface area contributed by atoms with E-state index in [1.54, 1.807) is 18.2 Å². The highest BCUT2D eigenvalue weighted by molar-refractivity contribution is 6.03. The molecule has 0 aliphatic carbocycles. The van der Waals surface area contributed by atoms with Crippen LogP contribution in [-0.4, -0.2) is 45.8 Å². The fourth-order valence-electron chi connectivity index (χ4n) is 2.77. The van der Waals surface area contributed by atoms with Gasteiger partial charge in [-0.05, 0) is 18.6 Å². The molecular weight excluding hydrogens is 380 g/mol. The van der Waals surface area contributed by atoms with E-state index in [9.17, 15) is 19.2 Å². The summed E-state index contributed by atoms with van der Waals surface area (Å²) >= 11 is 0. The Morgan fingerprint density at radius 2 is 1.93 bits per heavy atom. The second kappa shape index (κ2) is 9.69. The van der Waals surface area contributed by atoms with Gasteiger partial charge in [-0.15, -0.1) is 0 Å². The monoisotopic (exact) mass is 404 g/mol. The van der Waals surface area contributed by atoms with Crippen LogP contribution >= 0.6 is 0 Å². The quantitative estimate of drug-likeness (QED) is 0.391. The molecule has 156 valence electrons. The lowest BCUT2D eigenvalue weighted by atomic mass is 10.1. The molecule has 1 aromatic heterocycles. The first-order valence-electron chi connectivity index (χ1n) is 9.06. The van der Waals surface area contributed by atoms with Crippen molar-refractivity contribution >= 4 is 23.3 Å². The van der Waals surface area contributed by atoms with Crippen LogP contribution in [0.25, 0.3) is 0 Å². The number of hydrogen-bond donors (Lipinski definition) is 3. The lowest BCUT2D eigenvalue weighted by molar-refractivity contribution is 0.0475. The number of aliphatic hydroxyl groups excluding tert-OH is 1. The third-order valence-electron chi connectivity index (χ3n) is 4.22. The molecule has 0 saturated carbocycles. The number of nitrogen functional groups attached to an aromatic ring is 1. The number of ether oxygens (including phenoxy) is 1. The standard InChI is InChI=1S/C19H24N4O6/c1-3-9-23-16(20)15(17(26)22(2)19(23)28)14(25)11-29-18(27)12-6-4-5-7-13(12)21-8-10-24/h4-7,21,24H,3,8-11,20H2,1-2H3. The molecule has 29 heavy (non-hydrogen) atoms. The zero-order valence-corrected chi connectivity index (χ0v) is 16.3. The molecule has 0 aliphatic heterocycles. The van der Waals surface area contributed by atoms with Gasteiger partial charge in [-0.2, -0.15) is 0 Å². The number of nitrogens with zero attached hydrogens (tertiary/aromatic N) is 2. The largest absolute Gasteiger partial charge is 0.454 e. The zero-order chi connectivity index (χ0) is 21.6. The number of aromatic nitrogens is 2. The molecule has 1 heterocycles. The summed E-state index contributed by atoms with van der Waals surface area (Å²) in [5.74, 6) is -1.83. The van der Waals surface area contributed by atoms with Crippen molar-refractivity contribution in [3.8, 4) is 0 Å². The second-order valence-corrected chi connectivity index (χ2v) is 6.25. The third kappa shape index (κ3) is 4.72. The number of carbonyl (C=O) groups is 2. The number of nitrogens with two attached hydrogens (primary N) is 1. The van der Waals surface area contributed by atoms with Gasteiger partial charge in [-0.1, -0.05) is 19.1 Å². The Labute approximate surface area is 166 Å². The number of para-hydroxylation sites is 1. The summed E-state index contributed by atoms with van der Waals surface area (Å²) in [7, 11) is 1.25. The number of nitrogens with one attached hydrogen (secondary N) is 1. The number of aliphatic hydroxyl groups is 1. The van der Waals surface area contributed by atoms with Crippen molar-refractivity contribution in [3.63, 3.8) is 0 Å². The van der Waals surface area contributed by atoms with Crippen LogP contribution in [0.2, 0.25) is 0 Å². The number of rotatable bonds is 9. The zero-order valence-electron chi connectivity index (χ0n) is 16.3. The first kappa shape index (κ1) is 21.9. The average molecular weight is 404 g/mol. The molecule has 0 saturated heterocycles. The fourth-order valence-corrected chi connectivity index (χ4v) is 2.77. The summed E-state index contributed by atoms with van der Waals surface area (Å²) in [6.07, 6.45) is 0.572. The van der Waals surface area contributed by atoms with E-state index in [0.29, 0.717) is 12.1 Å². The van der Waals surface area contributed by atoms with Crippen molar-refractivity contribution in [3.05, 3.63) is 56.2 Å². The molecule has 0 unspecified atom stereocenters. The molecule has 0 spiro atoms. The normalized spacial score (nSPS) is 10.6. The van der Waals surface area contributed by atoms with E-state index in [0.717, 1.165) is 9.13 Å². The van der Waals surface area contributed by atoms with Crippen molar-refractivity contribution < 1.29 is 19.4 Å². The van der Waals surface area contributed by atoms with E-state index in [2.05, 4.69) is 5.32 Å². The number of hydrogen-bond acceptors (Lipinski definition) is 8. The Hall–Kier alpha value is -3.40. The lowest BCUT2D eigenvalue weighted by Gasteiger charge is -2.14. The van der Waals surface area contributed by atoms with Gasteiger partial charge < -0.3 is 20.9 Å². The molecule has 0 fully saturated rings. The average Bonchev–Trinajstić information content (AvgIpc) is 2.72. The summed E-state index contributed by atoms with van der Waals surface area (Å²) < 4.78 is 7.01. The predicted octanol–water partition coefficient (Wildman–Crippen LogP) is -0.0169. The Morgan fingerprint density at radius 1 is 1.24 bits per heavy atom. The van der Waals surface area contributed by atoms with Gasteiger partial charge in [0.25, 0.3) is 5.56 Å². The molecule has 2 aromatic rings. The van der Waals surface area contributed by atoms with Gasteiger partial charge >= 0.3 is 11.7 Å². The van der Waals surface area contributed by atoms with Crippen molar-refractivity contribution in [2.75, 3.05) is 30.8 Å². The van der Waals surface area contributed by atoms with Crippen LogP contribution in [0.1, 0.15) is 34.1 Å². The first-order valence-corrected chi connectivity index (χ1v) is 9.06. The molecule has 0 atom stereocenters. The number of carbonyl (C=O) groups excluding carboxylic acids is 2. The second-order valence-electron chi connectivity index (χ2n) is 6.25. The molecule has 2 rings (SSSR count). The van der Waals surface area contributed by atoms with Crippen molar-refractivity contribution in [2.45, 2.75) is 19.9 Å². The van der Waals surface area contributed by atoms with Crippen LogP contribution < -0.4 is 22.3 Å². The molecule has 0 amide bonds. The summed E-state index contributed by atoms with van der Waals surface area (Å²) in [6, 6.07) is 6.45. The summed E-state index contributed by atoms with van der Waals surface area (Å²) in [6.45, 7) is 1.45. The molecule has 1 aromatic carbocycles. The lowest BCUT2D eigenvalue weighted by Crippen LogP contribution is -2.43. The van der Waals surface area contributed by atoms with Crippen LogP contribution in [0.3, 0.4) is 0 Å². The van der Waals surface area contributed by atoms with E-state index in [4.69, 9.17) is 15.6 Å². The number of ketones is 1. The van der Waals surface area contributed by atoms with Crippen LogP contribution in [0, 0.1) is 0 Å². The van der Waals surface area contributed by atoms with Gasteiger partial charge in [0.15, 0.2) is 6.61 Å². The summed E-state index contributed by atoms with van der Waals surface area (Å²) in [5, 5.41) is 11.8. The Morgan fingerprint density at radius 3 is 2.59 bits per heavy atom. The highest BCUT2D eigenvalue weighted by atomic mass is 16.5. The van der Waals surface area contributed by atoms with E-state index in [1.807, 2.05) is 6.92 Å². The van der Waals surface area contributed by atoms with Gasteiger partial charge in [-0.3, -0.25) is 18.7 Å². The maximum Gasteiger partial charge on any atom is 0.340 e. The van der Waals surface area contributed by atoms with Crippen molar-refractivity contribution in [2.24, 2.45) is 7.05 Å². The minimum atomic E-state index is -0.842. The van der Waals surface area contributed by atoms with Gasteiger partial charge in [0.05, 0.1) is 12.2 Å². The molecule has 10 nitrogen and oxygen atoms in total.